The molecule has 1 aliphatic carbocycles. The van der Waals surface area contributed by atoms with Crippen molar-refractivity contribution in [2.24, 2.45) is 5.73 Å². The second-order valence-corrected chi connectivity index (χ2v) is 7.89. The summed E-state index contributed by atoms with van der Waals surface area (Å²) in [6.07, 6.45) is 4.40. The maximum Gasteiger partial charge on any atom is 0.226 e. The van der Waals surface area contributed by atoms with Crippen LogP contribution >= 0.6 is 34.5 Å². The van der Waals surface area contributed by atoms with Gasteiger partial charge in [-0.15, -0.1) is 11.3 Å². The van der Waals surface area contributed by atoms with Crippen LogP contribution in [0.25, 0.3) is 10.6 Å². The number of rotatable bonds is 5. The van der Waals surface area contributed by atoms with E-state index in [1.807, 2.05) is 11.4 Å². The number of benzene rings is 1. The first-order chi connectivity index (χ1) is 11.5. The molecule has 1 aliphatic rings. The van der Waals surface area contributed by atoms with Crippen molar-refractivity contribution in [3.63, 3.8) is 0 Å². The van der Waals surface area contributed by atoms with Crippen molar-refractivity contribution in [1.82, 2.24) is 10.3 Å². The molecule has 1 amide bonds. The molecule has 3 rings (SSSR count). The van der Waals surface area contributed by atoms with Crippen LogP contribution < -0.4 is 11.1 Å². The molecule has 24 heavy (non-hydrogen) atoms. The summed E-state index contributed by atoms with van der Waals surface area (Å²) in [5.74, 6) is -0.0265. The summed E-state index contributed by atoms with van der Waals surface area (Å²) < 4.78 is 0. The van der Waals surface area contributed by atoms with Gasteiger partial charge in [0.15, 0.2) is 0 Å². The molecule has 1 aromatic heterocycles. The molecular weight excluding hydrogens is 365 g/mol. The number of amides is 1. The maximum absolute atomic E-state index is 12.3. The van der Waals surface area contributed by atoms with Gasteiger partial charge in [0.1, 0.15) is 5.01 Å². The second kappa shape index (κ2) is 7.40. The summed E-state index contributed by atoms with van der Waals surface area (Å²) in [6.45, 7) is 0.488. The minimum Gasteiger partial charge on any atom is -0.349 e. The monoisotopic (exact) mass is 383 g/mol. The molecule has 128 valence electrons. The van der Waals surface area contributed by atoms with Crippen molar-refractivity contribution >= 4 is 40.4 Å². The highest BCUT2D eigenvalue weighted by Crippen LogP contribution is 2.33. The van der Waals surface area contributed by atoms with Gasteiger partial charge in [0, 0.05) is 22.5 Å². The topological polar surface area (TPSA) is 68.0 Å². The average molecular weight is 384 g/mol. The van der Waals surface area contributed by atoms with Crippen LogP contribution in [0.5, 0.6) is 0 Å². The molecule has 0 spiro atoms. The number of nitrogens with two attached hydrogens (primary N) is 1. The number of hydrogen-bond acceptors (Lipinski definition) is 4. The third-order valence-electron chi connectivity index (χ3n) is 4.41. The molecule has 1 fully saturated rings. The molecule has 0 unspecified atom stereocenters. The summed E-state index contributed by atoms with van der Waals surface area (Å²) in [7, 11) is 0. The predicted octanol–water partition coefficient (Wildman–Crippen LogP) is 4.05. The molecule has 0 aliphatic heterocycles. The van der Waals surface area contributed by atoms with Gasteiger partial charge in [-0.1, -0.05) is 36.0 Å². The van der Waals surface area contributed by atoms with Gasteiger partial charge in [-0.05, 0) is 31.0 Å². The minimum absolute atomic E-state index is 0.0265. The molecule has 0 radical (unpaired) electrons. The van der Waals surface area contributed by atoms with Gasteiger partial charge in [0.25, 0.3) is 0 Å². The van der Waals surface area contributed by atoms with Crippen LogP contribution in [0.2, 0.25) is 10.0 Å². The average Bonchev–Trinajstić information content (AvgIpc) is 3.17. The van der Waals surface area contributed by atoms with Gasteiger partial charge in [-0.2, -0.15) is 0 Å². The first kappa shape index (κ1) is 17.7. The Morgan fingerprint density at radius 2 is 2.08 bits per heavy atom. The molecule has 7 heteroatoms. The Kier molecular flexibility index (Phi) is 5.45. The Hall–Kier alpha value is -1.14. The number of nitrogens with one attached hydrogen (secondary N) is 1. The SMILES string of the molecule is NCC1(NC(=O)Cc2csc(-c3ccc(Cl)cc3Cl)n2)CCCC1. The predicted molar refractivity (Wildman–Crippen MR) is 99.7 cm³/mol. The number of thiazole rings is 1. The zero-order valence-electron chi connectivity index (χ0n) is 13.1. The van der Waals surface area contributed by atoms with Crippen LogP contribution in [-0.4, -0.2) is 23.0 Å². The zero-order chi connectivity index (χ0) is 17.2. The number of halogens is 2. The van der Waals surface area contributed by atoms with Crippen LogP contribution in [0.15, 0.2) is 23.6 Å². The summed E-state index contributed by atoms with van der Waals surface area (Å²) >= 11 is 13.6. The lowest BCUT2D eigenvalue weighted by molar-refractivity contribution is -0.122. The third-order valence-corrected chi connectivity index (χ3v) is 5.88. The molecule has 1 heterocycles. The van der Waals surface area contributed by atoms with Crippen LogP contribution in [0.4, 0.5) is 0 Å². The lowest BCUT2D eigenvalue weighted by Crippen LogP contribution is -2.52. The summed E-state index contributed by atoms with van der Waals surface area (Å²) in [6, 6.07) is 5.31. The largest absolute Gasteiger partial charge is 0.349 e. The van der Waals surface area contributed by atoms with E-state index >= 15 is 0 Å². The Labute approximate surface area is 155 Å². The zero-order valence-corrected chi connectivity index (χ0v) is 15.5. The fourth-order valence-corrected chi connectivity index (χ4v) is 4.52. The molecule has 2 aromatic rings. The van der Waals surface area contributed by atoms with E-state index in [0.717, 1.165) is 41.9 Å². The molecule has 3 N–H and O–H groups in total. The van der Waals surface area contributed by atoms with Gasteiger partial charge < -0.3 is 11.1 Å². The Morgan fingerprint density at radius 3 is 2.75 bits per heavy atom. The smallest absolute Gasteiger partial charge is 0.226 e. The van der Waals surface area contributed by atoms with Crippen molar-refractivity contribution in [3.05, 3.63) is 39.3 Å². The van der Waals surface area contributed by atoms with Gasteiger partial charge in [-0.25, -0.2) is 4.98 Å². The van der Waals surface area contributed by atoms with Crippen molar-refractivity contribution in [1.29, 1.82) is 0 Å². The fourth-order valence-electron chi connectivity index (χ4n) is 3.11. The Balaban J connectivity index is 1.68. The fraction of sp³-hybridized carbons (Fsp3) is 0.412. The maximum atomic E-state index is 12.3. The lowest BCUT2D eigenvalue weighted by Gasteiger charge is -2.28. The van der Waals surface area contributed by atoms with Crippen molar-refractivity contribution < 1.29 is 4.79 Å². The number of hydrogen-bond donors (Lipinski definition) is 2. The molecule has 0 bridgehead atoms. The van der Waals surface area contributed by atoms with Crippen molar-refractivity contribution in [2.75, 3.05) is 6.54 Å². The standard InChI is InChI=1S/C17H19Cl2N3OS/c18-11-3-4-13(14(19)7-11)16-21-12(9-24-16)8-15(23)22-17(10-20)5-1-2-6-17/h3-4,7,9H,1-2,5-6,8,10,20H2,(H,22,23). The molecular formula is C17H19Cl2N3OS. The van der Waals surface area contributed by atoms with E-state index in [0.29, 0.717) is 16.6 Å². The lowest BCUT2D eigenvalue weighted by atomic mass is 9.97. The normalized spacial score (nSPS) is 16.3. The molecule has 1 saturated carbocycles. The Morgan fingerprint density at radius 1 is 1.33 bits per heavy atom. The number of aromatic nitrogens is 1. The highest BCUT2D eigenvalue weighted by Gasteiger charge is 2.33. The highest BCUT2D eigenvalue weighted by atomic mass is 35.5. The highest BCUT2D eigenvalue weighted by molar-refractivity contribution is 7.13. The van der Waals surface area contributed by atoms with Crippen molar-refractivity contribution in [3.8, 4) is 10.6 Å². The van der Waals surface area contributed by atoms with E-state index in [2.05, 4.69) is 10.3 Å². The van der Waals surface area contributed by atoms with Crippen LogP contribution in [0.1, 0.15) is 31.4 Å². The second-order valence-electron chi connectivity index (χ2n) is 6.18. The molecule has 1 aromatic carbocycles. The minimum atomic E-state index is -0.227. The molecule has 4 nitrogen and oxygen atoms in total. The summed E-state index contributed by atoms with van der Waals surface area (Å²) in [5.41, 5.74) is 7.20. The summed E-state index contributed by atoms with van der Waals surface area (Å²) in [5, 5.41) is 6.94. The van der Waals surface area contributed by atoms with Crippen LogP contribution in [0, 0.1) is 0 Å². The van der Waals surface area contributed by atoms with E-state index in [9.17, 15) is 4.79 Å². The number of carbonyl (C=O) groups excluding carboxylic acids is 1. The van der Waals surface area contributed by atoms with Gasteiger partial charge in [0.2, 0.25) is 5.91 Å². The van der Waals surface area contributed by atoms with Crippen LogP contribution in [0.3, 0.4) is 0 Å². The first-order valence-corrected chi connectivity index (χ1v) is 9.56. The van der Waals surface area contributed by atoms with E-state index in [4.69, 9.17) is 28.9 Å². The van der Waals surface area contributed by atoms with Crippen molar-refractivity contribution in [2.45, 2.75) is 37.6 Å². The Bertz CT molecular complexity index is 741. The van der Waals surface area contributed by atoms with Gasteiger partial charge >= 0.3 is 0 Å². The molecule has 0 atom stereocenters. The summed E-state index contributed by atoms with van der Waals surface area (Å²) in [4.78, 5) is 16.9. The number of carbonyl (C=O) groups is 1. The van der Waals surface area contributed by atoms with E-state index in [-0.39, 0.29) is 17.9 Å². The van der Waals surface area contributed by atoms with Gasteiger partial charge in [-0.3, -0.25) is 4.79 Å². The quantitative estimate of drug-likeness (QED) is 0.817. The molecule has 0 saturated heterocycles. The third kappa shape index (κ3) is 3.91. The van der Waals surface area contributed by atoms with E-state index in [1.54, 1.807) is 12.1 Å². The van der Waals surface area contributed by atoms with Crippen LogP contribution in [-0.2, 0) is 11.2 Å². The first-order valence-electron chi connectivity index (χ1n) is 7.92. The van der Waals surface area contributed by atoms with E-state index < -0.39 is 0 Å². The van der Waals surface area contributed by atoms with E-state index in [1.165, 1.54) is 11.3 Å². The van der Waals surface area contributed by atoms with Gasteiger partial charge in [0.05, 0.1) is 22.7 Å². The number of nitrogens with zero attached hydrogens (tertiary/aromatic N) is 1.